The summed E-state index contributed by atoms with van der Waals surface area (Å²) in [7, 11) is 0. The zero-order chi connectivity index (χ0) is 19.0. The number of hydrogen-bond donors (Lipinski definition) is 2. The number of amides is 2. The summed E-state index contributed by atoms with van der Waals surface area (Å²) in [6.07, 6.45) is 4.25. The minimum atomic E-state index is -0.411. The van der Waals surface area contributed by atoms with Gasteiger partial charge in [0.15, 0.2) is 0 Å². The fraction of sp³-hybridized carbons (Fsp3) is 0.421. The highest BCUT2D eigenvalue weighted by Gasteiger charge is 2.38. The van der Waals surface area contributed by atoms with Crippen molar-refractivity contribution in [3.05, 3.63) is 41.3 Å². The van der Waals surface area contributed by atoms with E-state index in [2.05, 4.69) is 15.3 Å². The number of hydrogen-bond acceptors (Lipinski definition) is 5. The lowest BCUT2D eigenvalue weighted by molar-refractivity contribution is 0.246. The Labute approximate surface area is 157 Å². The number of fused-ring (bicyclic) bond motifs is 1. The van der Waals surface area contributed by atoms with Crippen molar-refractivity contribution >= 4 is 23.5 Å². The average Bonchev–Trinajstić information content (AvgIpc) is 2.91. The second kappa shape index (κ2) is 7.11. The van der Waals surface area contributed by atoms with Crippen LogP contribution in [-0.4, -0.2) is 35.1 Å². The summed E-state index contributed by atoms with van der Waals surface area (Å²) < 4.78 is 14.6. The summed E-state index contributed by atoms with van der Waals surface area (Å²) in [4.78, 5) is 25.1. The number of carbonyl (C=O) groups excluding carboxylic acids is 1. The number of para-hydroxylation sites is 1. The molecular formula is C19H23FN6O. The van der Waals surface area contributed by atoms with Gasteiger partial charge in [-0.15, -0.1) is 0 Å². The number of nitrogen functional groups attached to an aromatic ring is 1. The molecule has 27 heavy (non-hydrogen) atoms. The van der Waals surface area contributed by atoms with Crippen LogP contribution in [0.15, 0.2) is 24.4 Å². The van der Waals surface area contributed by atoms with Crippen LogP contribution in [0.25, 0.3) is 0 Å². The number of aryl methyl sites for hydroxylation is 1. The fourth-order valence-corrected chi connectivity index (χ4v) is 3.92. The van der Waals surface area contributed by atoms with Crippen LogP contribution in [0.5, 0.6) is 0 Å². The summed E-state index contributed by atoms with van der Waals surface area (Å²) >= 11 is 0. The van der Waals surface area contributed by atoms with Crippen LogP contribution in [0.1, 0.15) is 30.4 Å². The van der Waals surface area contributed by atoms with Gasteiger partial charge in [0.25, 0.3) is 0 Å². The van der Waals surface area contributed by atoms with Crippen molar-refractivity contribution in [2.45, 2.75) is 38.8 Å². The van der Waals surface area contributed by atoms with Crippen molar-refractivity contribution in [3.8, 4) is 0 Å². The van der Waals surface area contributed by atoms with E-state index in [1.165, 1.54) is 11.0 Å². The number of anilines is 3. The first-order valence-corrected chi connectivity index (χ1v) is 9.24. The number of nitrogens with two attached hydrogens (primary N) is 1. The third-order valence-corrected chi connectivity index (χ3v) is 5.22. The normalized spacial score (nSPS) is 20.4. The van der Waals surface area contributed by atoms with E-state index in [1.54, 1.807) is 30.2 Å². The van der Waals surface area contributed by atoms with Gasteiger partial charge in [-0.1, -0.05) is 12.1 Å². The van der Waals surface area contributed by atoms with Crippen molar-refractivity contribution in [1.29, 1.82) is 0 Å². The topological polar surface area (TPSA) is 87.4 Å². The van der Waals surface area contributed by atoms with Gasteiger partial charge in [0.1, 0.15) is 11.6 Å². The smallest absolute Gasteiger partial charge is 0.330 e. The second-order valence-corrected chi connectivity index (χ2v) is 7.06. The molecule has 8 heteroatoms. The predicted molar refractivity (Wildman–Crippen MR) is 102 cm³/mol. The van der Waals surface area contributed by atoms with E-state index in [1.807, 2.05) is 0 Å². The summed E-state index contributed by atoms with van der Waals surface area (Å²) in [6.45, 7) is 3.77. The Hall–Kier alpha value is -2.74. The Bertz CT molecular complexity index is 845. The third kappa shape index (κ3) is 3.21. The molecule has 2 aliphatic rings. The number of rotatable bonds is 2. The minimum absolute atomic E-state index is 0.0181. The Kier molecular flexibility index (Phi) is 4.65. The summed E-state index contributed by atoms with van der Waals surface area (Å²) in [5.41, 5.74) is 7.59. The summed E-state index contributed by atoms with van der Waals surface area (Å²) in [5, 5.41) is 3.36. The molecule has 3 heterocycles. The highest BCUT2D eigenvalue weighted by molar-refractivity contribution is 6.06. The molecule has 1 fully saturated rings. The van der Waals surface area contributed by atoms with Crippen LogP contribution in [-0.2, 0) is 6.54 Å². The van der Waals surface area contributed by atoms with Crippen LogP contribution in [0, 0.1) is 12.7 Å². The number of benzene rings is 1. The molecule has 142 valence electrons. The van der Waals surface area contributed by atoms with Crippen LogP contribution < -0.4 is 20.9 Å². The van der Waals surface area contributed by atoms with Gasteiger partial charge in [-0.25, -0.2) is 14.2 Å². The summed E-state index contributed by atoms with van der Waals surface area (Å²) in [6, 6.07) is 4.55. The van der Waals surface area contributed by atoms with Crippen LogP contribution >= 0.6 is 0 Å². The largest absolute Gasteiger partial charge is 0.368 e. The zero-order valence-corrected chi connectivity index (χ0v) is 15.3. The average molecular weight is 370 g/mol. The Morgan fingerprint density at radius 3 is 2.96 bits per heavy atom. The molecule has 0 radical (unpaired) electrons. The fourth-order valence-electron chi connectivity index (χ4n) is 3.92. The molecule has 0 unspecified atom stereocenters. The molecule has 1 aromatic heterocycles. The Balaban J connectivity index is 1.81. The maximum Gasteiger partial charge on any atom is 0.330 e. The number of urea groups is 1. The van der Waals surface area contributed by atoms with Crippen molar-refractivity contribution in [1.82, 2.24) is 15.3 Å². The number of halogens is 1. The standard InChI is InChI=1S/C19H23FN6O/c1-12-4-2-6-15(20)16(12)25-11-13-10-23-18(21)24-17(13)26(19(25)27)14-5-3-8-22-9-7-14/h2,4,6,10,14,22H,3,5,7-9,11H2,1H3,(H2,21,23,24)/t14-/m1/s1. The number of nitrogens with zero attached hydrogens (tertiary/aromatic N) is 4. The second-order valence-electron chi connectivity index (χ2n) is 7.06. The first kappa shape index (κ1) is 17.7. The molecule has 2 aliphatic heterocycles. The van der Waals surface area contributed by atoms with E-state index in [0.29, 0.717) is 17.1 Å². The Morgan fingerprint density at radius 2 is 2.15 bits per heavy atom. The molecular weight excluding hydrogens is 347 g/mol. The van der Waals surface area contributed by atoms with Gasteiger partial charge >= 0.3 is 6.03 Å². The van der Waals surface area contributed by atoms with Crippen molar-refractivity contribution in [2.24, 2.45) is 0 Å². The van der Waals surface area contributed by atoms with E-state index in [0.717, 1.165) is 37.9 Å². The van der Waals surface area contributed by atoms with Gasteiger partial charge in [-0.05, 0) is 50.9 Å². The van der Waals surface area contributed by atoms with Gasteiger partial charge in [0.2, 0.25) is 5.95 Å². The number of aromatic nitrogens is 2. The molecule has 2 aromatic rings. The van der Waals surface area contributed by atoms with Gasteiger partial charge in [0.05, 0.1) is 12.2 Å². The van der Waals surface area contributed by atoms with Gasteiger partial charge < -0.3 is 11.1 Å². The molecule has 3 N–H and O–H groups in total. The number of carbonyl (C=O) groups is 1. The van der Waals surface area contributed by atoms with Gasteiger partial charge in [0, 0.05) is 17.8 Å². The minimum Gasteiger partial charge on any atom is -0.368 e. The zero-order valence-electron chi connectivity index (χ0n) is 15.3. The highest BCUT2D eigenvalue weighted by Crippen LogP contribution is 2.36. The molecule has 0 bridgehead atoms. The highest BCUT2D eigenvalue weighted by atomic mass is 19.1. The molecule has 1 atom stereocenters. The first-order chi connectivity index (χ1) is 13.1. The molecule has 1 saturated heterocycles. The SMILES string of the molecule is Cc1cccc(F)c1N1Cc2cnc(N)nc2N([C@@H]2CCCNCC2)C1=O. The van der Waals surface area contributed by atoms with Crippen molar-refractivity contribution in [3.63, 3.8) is 0 Å². The van der Waals surface area contributed by atoms with Gasteiger partial charge in [-0.2, -0.15) is 4.98 Å². The monoisotopic (exact) mass is 370 g/mol. The number of nitrogens with one attached hydrogen (secondary N) is 1. The van der Waals surface area contributed by atoms with Crippen molar-refractivity contribution < 1.29 is 9.18 Å². The molecule has 0 saturated carbocycles. The van der Waals surface area contributed by atoms with E-state index in [-0.39, 0.29) is 24.6 Å². The molecule has 0 spiro atoms. The maximum absolute atomic E-state index is 14.6. The molecule has 1 aromatic carbocycles. The lowest BCUT2D eigenvalue weighted by Crippen LogP contribution is -2.53. The van der Waals surface area contributed by atoms with Crippen LogP contribution in [0.2, 0.25) is 0 Å². The molecule has 7 nitrogen and oxygen atoms in total. The molecule has 2 amide bonds. The Morgan fingerprint density at radius 1 is 1.30 bits per heavy atom. The van der Waals surface area contributed by atoms with E-state index in [4.69, 9.17) is 5.73 Å². The lowest BCUT2D eigenvalue weighted by atomic mass is 10.0. The predicted octanol–water partition coefficient (Wildman–Crippen LogP) is 2.60. The quantitative estimate of drug-likeness (QED) is 0.848. The molecule has 4 rings (SSSR count). The third-order valence-electron chi connectivity index (χ3n) is 5.22. The lowest BCUT2D eigenvalue weighted by Gasteiger charge is -2.40. The summed E-state index contributed by atoms with van der Waals surface area (Å²) in [5.74, 6) is 0.268. The first-order valence-electron chi connectivity index (χ1n) is 9.24. The van der Waals surface area contributed by atoms with E-state index in [9.17, 15) is 9.18 Å². The molecule has 0 aliphatic carbocycles. The van der Waals surface area contributed by atoms with E-state index < -0.39 is 5.82 Å². The van der Waals surface area contributed by atoms with Crippen LogP contribution in [0.4, 0.5) is 26.6 Å². The van der Waals surface area contributed by atoms with E-state index >= 15 is 0 Å². The van der Waals surface area contributed by atoms with Gasteiger partial charge in [-0.3, -0.25) is 9.80 Å². The van der Waals surface area contributed by atoms with Crippen molar-refractivity contribution in [2.75, 3.05) is 28.6 Å². The van der Waals surface area contributed by atoms with Crippen LogP contribution in [0.3, 0.4) is 0 Å². The maximum atomic E-state index is 14.6.